The van der Waals surface area contributed by atoms with Crippen molar-refractivity contribution in [2.75, 3.05) is 45.8 Å². The van der Waals surface area contributed by atoms with Crippen LogP contribution in [0.15, 0.2) is 16.8 Å². The number of carbonyl (C=O) groups is 3. The Balaban J connectivity index is 1.64. The van der Waals surface area contributed by atoms with E-state index in [0.717, 1.165) is 0 Å². The summed E-state index contributed by atoms with van der Waals surface area (Å²) in [7, 11) is 0. The van der Waals surface area contributed by atoms with Crippen LogP contribution in [0.1, 0.15) is 23.7 Å². The lowest BCUT2D eigenvalue weighted by atomic mass is 10.2. The third-order valence-electron chi connectivity index (χ3n) is 3.87. The summed E-state index contributed by atoms with van der Waals surface area (Å²) >= 11 is 1.47. The highest BCUT2D eigenvalue weighted by Gasteiger charge is 2.22. The first-order valence-electron chi connectivity index (χ1n) is 8.17. The van der Waals surface area contributed by atoms with E-state index in [1.54, 1.807) is 16.3 Å². The molecule has 24 heavy (non-hydrogen) atoms. The van der Waals surface area contributed by atoms with Crippen LogP contribution in [-0.4, -0.2) is 73.3 Å². The Kier molecular flexibility index (Phi) is 7.20. The van der Waals surface area contributed by atoms with Crippen molar-refractivity contribution in [3.63, 3.8) is 0 Å². The summed E-state index contributed by atoms with van der Waals surface area (Å²) in [6.07, 6.45) is 0.298. The maximum atomic E-state index is 12.2. The SMILES string of the molecule is CCNC(=O)CN1CCN(C(=O)CCNC(=O)c2ccsc2)CC1. The number of amides is 3. The van der Waals surface area contributed by atoms with Crippen LogP contribution in [0.25, 0.3) is 0 Å². The molecule has 8 heteroatoms. The van der Waals surface area contributed by atoms with Crippen molar-refractivity contribution < 1.29 is 14.4 Å². The van der Waals surface area contributed by atoms with Crippen LogP contribution in [0, 0.1) is 0 Å². The third-order valence-corrected chi connectivity index (χ3v) is 4.56. The largest absolute Gasteiger partial charge is 0.355 e. The highest BCUT2D eigenvalue weighted by atomic mass is 32.1. The molecule has 0 aliphatic carbocycles. The summed E-state index contributed by atoms with van der Waals surface area (Å²) in [5.41, 5.74) is 0.631. The first-order valence-corrected chi connectivity index (χ1v) is 9.11. The van der Waals surface area contributed by atoms with Gasteiger partial charge in [0.25, 0.3) is 5.91 Å². The van der Waals surface area contributed by atoms with Gasteiger partial charge in [-0.25, -0.2) is 0 Å². The van der Waals surface area contributed by atoms with Gasteiger partial charge >= 0.3 is 0 Å². The minimum Gasteiger partial charge on any atom is -0.355 e. The van der Waals surface area contributed by atoms with Crippen LogP contribution in [0.2, 0.25) is 0 Å². The van der Waals surface area contributed by atoms with Crippen molar-refractivity contribution in [1.82, 2.24) is 20.4 Å². The Morgan fingerprint density at radius 1 is 1.17 bits per heavy atom. The van der Waals surface area contributed by atoms with Gasteiger partial charge in [-0.3, -0.25) is 19.3 Å². The van der Waals surface area contributed by atoms with E-state index in [0.29, 0.717) is 57.8 Å². The standard InChI is InChI=1S/C16H24N4O3S/c1-2-17-14(21)11-19-6-8-20(9-7-19)15(22)3-5-18-16(23)13-4-10-24-12-13/h4,10,12H,2-3,5-9,11H2,1H3,(H,17,21)(H,18,23). The van der Waals surface area contributed by atoms with Gasteiger partial charge in [0.15, 0.2) is 0 Å². The predicted molar refractivity (Wildman–Crippen MR) is 93.0 cm³/mol. The summed E-state index contributed by atoms with van der Waals surface area (Å²) in [4.78, 5) is 39.4. The number of hydrogen-bond acceptors (Lipinski definition) is 5. The van der Waals surface area contributed by atoms with Crippen molar-refractivity contribution in [2.45, 2.75) is 13.3 Å². The minimum absolute atomic E-state index is 0.0217. The highest BCUT2D eigenvalue weighted by molar-refractivity contribution is 7.08. The van der Waals surface area contributed by atoms with Gasteiger partial charge in [0, 0.05) is 56.6 Å². The molecule has 1 fully saturated rings. The Bertz CT molecular complexity index is 554. The average Bonchev–Trinajstić information content (AvgIpc) is 3.10. The Morgan fingerprint density at radius 2 is 1.92 bits per heavy atom. The second-order valence-corrected chi connectivity index (χ2v) is 6.41. The number of rotatable bonds is 7. The molecular weight excluding hydrogens is 328 g/mol. The molecule has 0 aromatic carbocycles. The highest BCUT2D eigenvalue weighted by Crippen LogP contribution is 2.06. The van der Waals surface area contributed by atoms with E-state index in [1.807, 2.05) is 17.2 Å². The fourth-order valence-electron chi connectivity index (χ4n) is 2.55. The number of likely N-dealkylation sites (N-methyl/N-ethyl adjacent to an activating group) is 1. The number of nitrogens with zero attached hydrogens (tertiary/aromatic N) is 2. The molecule has 1 aliphatic rings. The second kappa shape index (κ2) is 9.39. The van der Waals surface area contributed by atoms with Gasteiger partial charge in [-0.05, 0) is 18.4 Å². The number of hydrogen-bond donors (Lipinski definition) is 2. The van der Waals surface area contributed by atoms with Crippen molar-refractivity contribution in [2.24, 2.45) is 0 Å². The van der Waals surface area contributed by atoms with Crippen LogP contribution in [-0.2, 0) is 9.59 Å². The first-order chi connectivity index (χ1) is 11.6. The van der Waals surface area contributed by atoms with Gasteiger partial charge < -0.3 is 15.5 Å². The van der Waals surface area contributed by atoms with Gasteiger partial charge in [0.1, 0.15) is 0 Å². The zero-order valence-corrected chi connectivity index (χ0v) is 14.7. The fourth-order valence-corrected chi connectivity index (χ4v) is 3.18. The van der Waals surface area contributed by atoms with E-state index in [4.69, 9.17) is 0 Å². The molecule has 0 spiro atoms. The van der Waals surface area contributed by atoms with Crippen LogP contribution in [0.5, 0.6) is 0 Å². The molecule has 1 aromatic rings. The van der Waals surface area contributed by atoms with Gasteiger partial charge in [-0.15, -0.1) is 0 Å². The lowest BCUT2D eigenvalue weighted by molar-refractivity contribution is -0.133. The van der Waals surface area contributed by atoms with Crippen molar-refractivity contribution in [3.05, 3.63) is 22.4 Å². The first kappa shape index (κ1) is 18.4. The van der Waals surface area contributed by atoms with E-state index in [1.165, 1.54) is 11.3 Å². The third kappa shape index (κ3) is 5.61. The molecule has 0 unspecified atom stereocenters. The molecule has 2 rings (SSSR count). The van der Waals surface area contributed by atoms with Gasteiger partial charge in [-0.1, -0.05) is 0 Å². The normalized spacial score (nSPS) is 15.1. The van der Waals surface area contributed by atoms with E-state index in [2.05, 4.69) is 10.6 Å². The molecule has 7 nitrogen and oxygen atoms in total. The van der Waals surface area contributed by atoms with E-state index >= 15 is 0 Å². The maximum absolute atomic E-state index is 12.2. The molecule has 1 aliphatic heterocycles. The topological polar surface area (TPSA) is 81.8 Å². The van der Waals surface area contributed by atoms with Crippen LogP contribution in [0.4, 0.5) is 0 Å². The lowest BCUT2D eigenvalue weighted by Gasteiger charge is -2.34. The van der Waals surface area contributed by atoms with E-state index in [9.17, 15) is 14.4 Å². The van der Waals surface area contributed by atoms with Crippen molar-refractivity contribution in [3.8, 4) is 0 Å². The fraction of sp³-hybridized carbons (Fsp3) is 0.562. The molecule has 2 heterocycles. The quantitative estimate of drug-likeness (QED) is 0.732. The van der Waals surface area contributed by atoms with Gasteiger partial charge in [-0.2, -0.15) is 11.3 Å². The molecule has 1 aromatic heterocycles. The Morgan fingerprint density at radius 3 is 2.54 bits per heavy atom. The van der Waals surface area contributed by atoms with Gasteiger partial charge in [0.2, 0.25) is 11.8 Å². The summed E-state index contributed by atoms with van der Waals surface area (Å²) in [6, 6.07) is 1.76. The summed E-state index contributed by atoms with van der Waals surface area (Å²) in [5.74, 6) is -0.0810. The minimum atomic E-state index is -0.143. The Labute approximate surface area is 146 Å². The Hall–Kier alpha value is -1.93. The van der Waals surface area contributed by atoms with Crippen molar-refractivity contribution >= 4 is 29.1 Å². The number of thiophene rings is 1. The molecule has 0 bridgehead atoms. The zero-order chi connectivity index (χ0) is 17.4. The zero-order valence-electron chi connectivity index (χ0n) is 13.9. The summed E-state index contributed by atoms with van der Waals surface area (Å²) in [5, 5.41) is 9.17. The number of nitrogens with one attached hydrogen (secondary N) is 2. The number of piperazine rings is 1. The van der Waals surface area contributed by atoms with Crippen LogP contribution in [0.3, 0.4) is 0 Å². The maximum Gasteiger partial charge on any atom is 0.252 e. The van der Waals surface area contributed by atoms with Crippen molar-refractivity contribution in [1.29, 1.82) is 0 Å². The molecular formula is C16H24N4O3S. The van der Waals surface area contributed by atoms with Crippen LogP contribution >= 0.6 is 11.3 Å². The molecule has 132 valence electrons. The molecule has 0 saturated carbocycles. The summed E-state index contributed by atoms with van der Waals surface area (Å²) in [6.45, 7) is 5.89. The monoisotopic (exact) mass is 352 g/mol. The predicted octanol–water partition coefficient (Wildman–Crippen LogP) is 0.148. The molecule has 1 saturated heterocycles. The average molecular weight is 352 g/mol. The molecule has 0 radical (unpaired) electrons. The van der Waals surface area contributed by atoms with E-state index < -0.39 is 0 Å². The van der Waals surface area contributed by atoms with Gasteiger partial charge in [0.05, 0.1) is 6.54 Å². The molecule has 0 atom stereocenters. The smallest absolute Gasteiger partial charge is 0.252 e. The van der Waals surface area contributed by atoms with E-state index in [-0.39, 0.29) is 17.7 Å². The number of carbonyl (C=O) groups excluding carboxylic acids is 3. The second-order valence-electron chi connectivity index (χ2n) is 5.63. The lowest BCUT2D eigenvalue weighted by Crippen LogP contribution is -2.51. The summed E-state index contributed by atoms with van der Waals surface area (Å²) < 4.78 is 0. The molecule has 2 N–H and O–H groups in total. The van der Waals surface area contributed by atoms with Crippen LogP contribution < -0.4 is 10.6 Å². The molecule has 3 amide bonds.